The second kappa shape index (κ2) is 9.51. The van der Waals surface area contributed by atoms with Gasteiger partial charge in [-0.25, -0.2) is 0 Å². The van der Waals surface area contributed by atoms with Crippen LogP contribution < -0.4 is 10.1 Å². The first kappa shape index (κ1) is 24.2. The summed E-state index contributed by atoms with van der Waals surface area (Å²) >= 11 is 5.59. The molecule has 2 heterocycles. The van der Waals surface area contributed by atoms with E-state index in [9.17, 15) is 9.90 Å². The topological polar surface area (TPSA) is 95.1 Å². The van der Waals surface area contributed by atoms with E-state index in [0.29, 0.717) is 33.7 Å². The number of aromatic nitrogens is 1. The Labute approximate surface area is 213 Å². The number of hydrogen-bond acceptors (Lipinski definition) is 7. The standard InChI is InChI=1S/C27H26N2O6S/c1-27(25(32-2)33-3)23(30)22(29-19-11-7-8-12-21(19)34-26(29)36)18-15-17(13-14-20(18)35-27)28-24(31)16-9-5-4-6-10-16/h4-15,22-23,25,30H,1-3H3,(H,28,31)/t22-,23+,27+/m0/s1. The van der Waals surface area contributed by atoms with E-state index in [1.807, 2.05) is 30.3 Å². The van der Waals surface area contributed by atoms with Gasteiger partial charge in [0.25, 0.3) is 10.7 Å². The number of oxazole rings is 1. The summed E-state index contributed by atoms with van der Waals surface area (Å²) in [5.41, 5.74) is 1.71. The Morgan fingerprint density at radius 1 is 1.08 bits per heavy atom. The molecule has 36 heavy (non-hydrogen) atoms. The minimum atomic E-state index is -1.29. The SMILES string of the molecule is COC(OC)[C@]1(C)Oc2ccc(NC(=O)c3ccccc3)cc2[C@H](n2c(=S)oc3ccccc32)[C@H]1O. The maximum atomic E-state index is 12.8. The van der Waals surface area contributed by atoms with Crippen LogP contribution in [-0.2, 0) is 9.47 Å². The number of carbonyl (C=O) groups is 1. The van der Waals surface area contributed by atoms with Gasteiger partial charge in [0, 0.05) is 31.0 Å². The second-order valence-electron chi connectivity index (χ2n) is 8.76. The third-order valence-electron chi connectivity index (χ3n) is 6.53. The molecular formula is C27H26N2O6S. The number of methoxy groups -OCH3 is 2. The summed E-state index contributed by atoms with van der Waals surface area (Å²) in [5, 5.41) is 14.7. The van der Waals surface area contributed by atoms with Crippen LogP contribution >= 0.6 is 12.2 Å². The van der Waals surface area contributed by atoms with Crippen molar-refractivity contribution in [2.45, 2.75) is 31.0 Å². The number of carbonyl (C=O) groups excluding carboxylic acids is 1. The molecule has 3 atom stereocenters. The Hall–Kier alpha value is -3.50. The summed E-state index contributed by atoms with van der Waals surface area (Å²) in [7, 11) is 2.97. The number of rotatable bonds is 6. The fraction of sp³-hybridized carbons (Fsp3) is 0.259. The van der Waals surface area contributed by atoms with E-state index in [1.54, 1.807) is 54.0 Å². The van der Waals surface area contributed by atoms with E-state index in [1.165, 1.54) is 14.2 Å². The zero-order valence-electron chi connectivity index (χ0n) is 20.0. The van der Waals surface area contributed by atoms with Gasteiger partial charge in [0.1, 0.15) is 11.9 Å². The third kappa shape index (κ3) is 4.00. The molecule has 0 saturated heterocycles. The maximum absolute atomic E-state index is 12.8. The predicted octanol–water partition coefficient (Wildman–Crippen LogP) is 4.94. The van der Waals surface area contributed by atoms with Gasteiger partial charge in [-0.1, -0.05) is 30.3 Å². The first-order valence-electron chi connectivity index (χ1n) is 11.4. The lowest BCUT2D eigenvalue weighted by Gasteiger charge is -2.46. The number of benzene rings is 3. The molecule has 1 aromatic heterocycles. The number of ether oxygens (including phenoxy) is 3. The van der Waals surface area contributed by atoms with E-state index >= 15 is 0 Å². The summed E-state index contributed by atoms with van der Waals surface area (Å²) in [5.74, 6) is 0.246. The maximum Gasteiger partial charge on any atom is 0.270 e. The summed E-state index contributed by atoms with van der Waals surface area (Å²) in [6.45, 7) is 1.72. The molecule has 186 valence electrons. The van der Waals surface area contributed by atoms with Gasteiger partial charge in [-0.15, -0.1) is 0 Å². The third-order valence-corrected chi connectivity index (χ3v) is 6.81. The molecule has 1 aliphatic rings. The van der Waals surface area contributed by atoms with Crippen molar-refractivity contribution in [3.05, 3.63) is 88.8 Å². The van der Waals surface area contributed by atoms with Crippen molar-refractivity contribution in [3.63, 3.8) is 0 Å². The predicted molar refractivity (Wildman–Crippen MR) is 137 cm³/mol. The van der Waals surface area contributed by atoms with E-state index in [2.05, 4.69) is 5.32 Å². The molecule has 5 rings (SSSR count). The molecule has 9 heteroatoms. The van der Waals surface area contributed by atoms with Crippen LogP contribution in [0.3, 0.4) is 0 Å². The lowest BCUT2D eigenvalue weighted by Crippen LogP contribution is -2.60. The van der Waals surface area contributed by atoms with Gasteiger partial charge in [0.05, 0.1) is 11.6 Å². The number of amides is 1. The second-order valence-corrected chi connectivity index (χ2v) is 9.11. The normalized spacial score (nSPS) is 21.2. The Morgan fingerprint density at radius 2 is 1.78 bits per heavy atom. The first-order chi connectivity index (χ1) is 17.4. The number of anilines is 1. The quantitative estimate of drug-likeness (QED) is 0.283. The molecule has 0 unspecified atom stereocenters. The molecule has 1 aliphatic heterocycles. The van der Waals surface area contributed by atoms with Crippen LogP contribution in [0.1, 0.15) is 28.9 Å². The van der Waals surface area contributed by atoms with Crippen LogP contribution in [0.4, 0.5) is 5.69 Å². The van der Waals surface area contributed by atoms with Crippen molar-refractivity contribution in [1.82, 2.24) is 4.57 Å². The first-order valence-corrected chi connectivity index (χ1v) is 11.8. The molecule has 2 N–H and O–H groups in total. The number of aliphatic hydroxyl groups excluding tert-OH is 1. The van der Waals surface area contributed by atoms with E-state index in [4.69, 9.17) is 30.8 Å². The van der Waals surface area contributed by atoms with Gasteiger partial charge in [-0.3, -0.25) is 9.36 Å². The molecule has 0 radical (unpaired) electrons. The van der Waals surface area contributed by atoms with Crippen molar-refractivity contribution >= 4 is 34.9 Å². The van der Waals surface area contributed by atoms with Gasteiger partial charge in [0.2, 0.25) is 0 Å². The number of aliphatic hydroxyl groups is 1. The Bertz CT molecular complexity index is 1460. The van der Waals surface area contributed by atoms with Crippen molar-refractivity contribution in [2.24, 2.45) is 0 Å². The molecule has 0 spiro atoms. The molecule has 3 aromatic carbocycles. The summed E-state index contributed by atoms with van der Waals surface area (Å²) < 4.78 is 24.9. The van der Waals surface area contributed by atoms with Crippen LogP contribution in [0, 0.1) is 4.84 Å². The molecular weight excluding hydrogens is 480 g/mol. The number of nitrogens with zero attached hydrogens (tertiary/aromatic N) is 1. The number of fused-ring (bicyclic) bond motifs is 2. The van der Waals surface area contributed by atoms with Crippen LogP contribution in [0.5, 0.6) is 5.75 Å². The van der Waals surface area contributed by atoms with Gasteiger partial charge in [-0.2, -0.15) is 0 Å². The summed E-state index contributed by atoms with van der Waals surface area (Å²) in [6, 6.07) is 20.9. The highest BCUT2D eigenvalue weighted by atomic mass is 32.1. The summed E-state index contributed by atoms with van der Waals surface area (Å²) in [4.78, 5) is 13.0. The van der Waals surface area contributed by atoms with Crippen LogP contribution in [0.15, 0.2) is 77.2 Å². The van der Waals surface area contributed by atoms with Crippen molar-refractivity contribution in [3.8, 4) is 5.75 Å². The van der Waals surface area contributed by atoms with Crippen molar-refractivity contribution in [2.75, 3.05) is 19.5 Å². The fourth-order valence-corrected chi connectivity index (χ4v) is 5.11. The highest BCUT2D eigenvalue weighted by Gasteiger charge is 2.53. The Morgan fingerprint density at radius 3 is 2.50 bits per heavy atom. The lowest BCUT2D eigenvalue weighted by atomic mass is 9.84. The number of para-hydroxylation sites is 2. The number of hydrogen-bond donors (Lipinski definition) is 2. The van der Waals surface area contributed by atoms with Gasteiger partial charge in [0.15, 0.2) is 17.5 Å². The van der Waals surface area contributed by atoms with Crippen molar-refractivity contribution in [1.29, 1.82) is 0 Å². The van der Waals surface area contributed by atoms with E-state index < -0.39 is 24.0 Å². The van der Waals surface area contributed by atoms with Crippen molar-refractivity contribution < 1.29 is 28.5 Å². The summed E-state index contributed by atoms with van der Waals surface area (Å²) in [6.07, 6.45) is -2.05. The largest absolute Gasteiger partial charge is 0.479 e. The molecule has 1 amide bonds. The Balaban J connectivity index is 1.65. The van der Waals surface area contributed by atoms with Gasteiger partial charge < -0.3 is 29.1 Å². The van der Waals surface area contributed by atoms with Gasteiger partial charge >= 0.3 is 0 Å². The molecule has 0 bridgehead atoms. The number of nitrogens with one attached hydrogen (secondary N) is 1. The fourth-order valence-electron chi connectivity index (χ4n) is 4.80. The van der Waals surface area contributed by atoms with Crippen LogP contribution in [-0.4, -0.2) is 47.8 Å². The highest BCUT2D eigenvalue weighted by Crippen LogP contribution is 2.46. The monoisotopic (exact) mass is 506 g/mol. The highest BCUT2D eigenvalue weighted by molar-refractivity contribution is 7.71. The molecule has 0 aliphatic carbocycles. The average Bonchev–Trinajstić information content (AvgIpc) is 3.22. The smallest absolute Gasteiger partial charge is 0.270 e. The zero-order valence-corrected chi connectivity index (χ0v) is 20.8. The van der Waals surface area contributed by atoms with Crippen LogP contribution in [0.25, 0.3) is 11.1 Å². The lowest BCUT2D eigenvalue weighted by molar-refractivity contribution is -0.238. The minimum Gasteiger partial charge on any atom is -0.479 e. The van der Waals surface area contributed by atoms with Crippen LogP contribution in [0.2, 0.25) is 0 Å². The molecule has 4 aromatic rings. The molecule has 0 saturated carbocycles. The minimum absolute atomic E-state index is 0.195. The molecule has 8 nitrogen and oxygen atoms in total. The zero-order chi connectivity index (χ0) is 25.4. The van der Waals surface area contributed by atoms with E-state index in [-0.39, 0.29) is 10.7 Å². The van der Waals surface area contributed by atoms with E-state index in [0.717, 1.165) is 0 Å². The average molecular weight is 507 g/mol. The molecule has 0 fully saturated rings. The van der Waals surface area contributed by atoms with Gasteiger partial charge in [-0.05, 0) is 61.6 Å². The Kier molecular flexibility index (Phi) is 6.40.